The first-order valence-corrected chi connectivity index (χ1v) is 10.2. The molecule has 2 aliphatic rings. The fraction of sp³-hybridized carbons (Fsp3) is 0.412. The minimum absolute atomic E-state index is 0.000373. The van der Waals surface area contributed by atoms with Crippen LogP contribution in [-0.2, 0) is 33.2 Å². The Morgan fingerprint density at radius 1 is 1.43 bits per heavy atom. The number of imidazole rings is 1. The standard InChI is InChI=1S/C17H20N6O4S/c1-22-10-15(20-12-22)28(25,26)23-6-4-17(11-23)7-14(21-27-17)16(24)19-9-13-3-2-5-18-8-13/h2-3,5,8,10,12H,4,6-7,9,11H2,1H3,(H,19,24). The van der Waals surface area contributed by atoms with Gasteiger partial charge in [0.1, 0.15) is 5.71 Å². The highest BCUT2D eigenvalue weighted by molar-refractivity contribution is 7.89. The number of sulfonamides is 1. The first-order valence-electron chi connectivity index (χ1n) is 8.78. The van der Waals surface area contributed by atoms with E-state index in [0.717, 1.165) is 5.56 Å². The maximum absolute atomic E-state index is 12.7. The van der Waals surface area contributed by atoms with Crippen LogP contribution < -0.4 is 5.32 Å². The van der Waals surface area contributed by atoms with Gasteiger partial charge in [-0.05, 0) is 11.6 Å². The maximum Gasteiger partial charge on any atom is 0.269 e. The molecule has 28 heavy (non-hydrogen) atoms. The molecule has 1 N–H and O–H groups in total. The summed E-state index contributed by atoms with van der Waals surface area (Å²) < 4.78 is 28.4. The smallest absolute Gasteiger partial charge is 0.269 e. The largest absolute Gasteiger partial charge is 0.387 e. The van der Waals surface area contributed by atoms with Gasteiger partial charge in [0.25, 0.3) is 15.9 Å². The number of aromatic nitrogens is 3. The zero-order chi connectivity index (χ0) is 19.8. The molecule has 1 atom stereocenters. The van der Waals surface area contributed by atoms with Crippen molar-refractivity contribution in [2.24, 2.45) is 12.2 Å². The molecule has 2 aromatic heterocycles. The molecule has 4 rings (SSSR count). The van der Waals surface area contributed by atoms with Crippen LogP contribution in [0.4, 0.5) is 0 Å². The number of aryl methyl sites for hydroxylation is 1. The third-order valence-electron chi connectivity index (χ3n) is 4.84. The van der Waals surface area contributed by atoms with Gasteiger partial charge in [-0.15, -0.1) is 0 Å². The van der Waals surface area contributed by atoms with Crippen molar-refractivity contribution in [2.75, 3.05) is 13.1 Å². The van der Waals surface area contributed by atoms with Crippen LogP contribution in [0.2, 0.25) is 0 Å². The molecule has 10 nitrogen and oxygen atoms in total. The predicted molar refractivity (Wildman–Crippen MR) is 98.5 cm³/mol. The van der Waals surface area contributed by atoms with E-state index in [-0.39, 0.29) is 29.6 Å². The van der Waals surface area contributed by atoms with Gasteiger partial charge in [0.2, 0.25) is 0 Å². The number of pyridine rings is 1. The summed E-state index contributed by atoms with van der Waals surface area (Å²) in [6.45, 7) is 0.757. The first kappa shape index (κ1) is 18.6. The molecule has 0 aliphatic carbocycles. The van der Waals surface area contributed by atoms with E-state index in [1.807, 2.05) is 6.07 Å². The van der Waals surface area contributed by atoms with Crippen molar-refractivity contribution in [3.8, 4) is 0 Å². The zero-order valence-electron chi connectivity index (χ0n) is 15.3. The molecule has 11 heteroatoms. The molecule has 148 valence electrons. The number of carbonyl (C=O) groups is 1. The second kappa shape index (κ2) is 6.99. The zero-order valence-corrected chi connectivity index (χ0v) is 16.1. The van der Waals surface area contributed by atoms with Crippen molar-refractivity contribution >= 4 is 21.6 Å². The van der Waals surface area contributed by atoms with Gasteiger partial charge in [-0.25, -0.2) is 13.4 Å². The molecule has 1 saturated heterocycles. The van der Waals surface area contributed by atoms with Gasteiger partial charge in [0, 0.05) is 51.6 Å². The lowest BCUT2D eigenvalue weighted by Crippen LogP contribution is -2.38. The van der Waals surface area contributed by atoms with E-state index < -0.39 is 15.6 Å². The molecule has 2 aliphatic heterocycles. The molecule has 2 aromatic rings. The number of carbonyl (C=O) groups excluding carboxylic acids is 1. The Bertz CT molecular complexity index is 1020. The third kappa shape index (κ3) is 3.50. The fourth-order valence-corrected chi connectivity index (χ4v) is 4.80. The number of rotatable bonds is 5. The maximum atomic E-state index is 12.7. The van der Waals surface area contributed by atoms with Crippen LogP contribution in [0, 0.1) is 0 Å². The van der Waals surface area contributed by atoms with Crippen LogP contribution in [0.25, 0.3) is 0 Å². The Labute approximate surface area is 162 Å². The van der Waals surface area contributed by atoms with Gasteiger partial charge in [-0.3, -0.25) is 9.78 Å². The predicted octanol–water partition coefficient (Wildman–Crippen LogP) is 0.0410. The fourth-order valence-electron chi connectivity index (χ4n) is 3.32. The molecule has 0 bridgehead atoms. The van der Waals surface area contributed by atoms with E-state index in [1.165, 1.54) is 16.8 Å². The molecule has 0 radical (unpaired) electrons. The van der Waals surface area contributed by atoms with Crippen LogP contribution in [0.5, 0.6) is 0 Å². The van der Waals surface area contributed by atoms with E-state index in [2.05, 4.69) is 20.4 Å². The highest BCUT2D eigenvalue weighted by atomic mass is 32.2. The van der Waals surface area contributed by atoms with Crippen molar-refractivity contribution < 1.29 is 18.0 Å². The van der Waals surface area contributed by atoms with E-state index in [0.29, 0.717) is 19.5 Å². The van der Waals surface area contributed by atoms with Crippen LogP contribution in [0.1, 0.15) is 18.4 Å². The van der Waals surface area contributed by atoms with Crippen molar-refractivity contribution in [2.45, 2.75) is 30.0 Å². The minimum atomic E-state index is -3.70. The molecular weight excluding hydrogens is 384 g/mol. The van der Waals surface area contributed by atoms with Crippen LogP contribution >= 0.6 is 0 Å². The second-order valence-electron chi connectivity index (χ2n) is 7.00. The molecule has 1 unspecified atom stereocenters. The Morgan fingerprint density at radius 3 is 3.00 bits per heavy atom. The molecular formula is C17H20N6O4S. The van der Waals surface area contributed by atoms with Gasteiger partial charge >= 0.3 is 0 Å². The number of oxime groups is 1. The summed E-state index contributed by atoms with van der Waals surface area (Å²) in [5.41, 5.74) is 0.336. The summed E-state index contributed by atoms with van der Waals surface area (Å²) >= 11 is 0. The number of amides is 1. The highest BCUT2D eigenvalue weighted by Gasteiger charge is 2.50. The Kier molecular flexibility index (Phi) is 4.63. The number of nitrogens with one attached hydrogen (secondary N) is 1. The van der Waals surface area contributed by atoms with Crippen molar-refractivity contribution in [3.05, 3.63) is 42.6 Å². The normalized spacial score (nSPS) is 22.2. The van der Waals surface area contributed by atoms with Gasteiger partial charge in [0.15, 0.2) is 10.6 Å². The van der Waals surface area contributed by atoms with E-state index >= 15 is 0 Å². The summed E-state index contributed by atoms with van der Waals surface area (Å²) in [4.78, 5) is 25.8. The van der Waals surface area contributed by atoms with E-state index in [4.69, 9.17) is 4.84 Å². The second-order valence-corrected chi connectivity index (χ2v) is 8.88. The lowest BCUT2D eigenvalue weighted by molar-refractivity contribution is -0.115. The first-order chi connectivity index (χ1) is 13.4. The van der Waals surface area contributed by atoms with E-state index in [1.54, 1.807) is 30.1 Å². The summed E-state index contributed by atoms with van der Waals surface area (Å²) in [7, 11) is -1.99. The molecule has 0 aromatic carbocycles. The average Bonchev–Trinajstić information content (AvgIpc) is 3.42. The van der Waals surface area contributed by atoms with Gasteiger partial charge < -0.3 is 14.7 Å². The quantitative estimate of drug-likeness (QED) is 0.752. The highest BCUT2D eigenvalue weighted by Crippen LogP contribution is 2.36. The topological polar surface area (TPSA) is 119 Å². The lowest BCUT2D eigenvalue weighted by atomic mass is 9.96. The van der Waals surface area contributed by atoms with Crippen molar-refractivity contribution in [3.63, 3.8) is 0 Å². The summed E-state index contributed by atoms with van der Waals surface area (Å²) in [5.74, 6) is -0.327. The molecule has 0 saturated carbocycles. The molecule has 1 spiro atoms. The monoisotopic (exact) mass is 404 g/mol. The third-order valence-corrected chi connectivity index (χ3v) is 6.57. The van der Waals surface area contributed by atoms with Crippen molar-refractivity contribution in [1.82, 2.24) is 24.2 Å². The minimum Gasteiger partial charge on any atom is -0.387 e. The summed E-state index contributed by atoms with van der Waals surface area (Å²) in [5, 5.41) is 6.71. The van der Waals surface area contributed by atoms with Crippen molar-refractivity contribution in [1.29, 1.82) is 0 Å². The van der Waals surface area contributed by atoms with Gasteiger partial charge in [-0.1, -0.05) is 11.2 Å². The van der Waals surface area contributed by atoms with E-state index in [9.17, 15) is 13.2 Å². The summed E-state index contributed by atoms with van der Waals surface area (Å²) in [6, 6.07) is 3.65. The van der Waals surface area contributed by atoms with Gasteiger partial charge in [0.05, 0.1) is 12.9 Å². The SMILES string of the molecule is Cn1cnc(S(=O)(=O)N2CCC3(CC(C(=O)NCc4cccnc4)=NO3)C2)c1. The molecule has 1 fully saturated rings. The lowest BCUT2D eigenvalue weighted by Gasteiger charge is -2.21. The van der Waals surface area contributed by atoms with Gasteiger partial charge in [-0.2, -0.15) is 4.31 Å². The average molecular weight is 404 g/mol. The van der Waals surface area contributed by atoms with Crippen LogP contribution in [0.15, 0.2) is 47.2 Å². The van der Waals surface area contributed by atoms with Crippen LogP contribution in [0.3, 0.4) is 0 Å². The van der Waals surface area contributed by atoms with Crippen LogP contribution in [-0.4, -0.2) is 57.6 Å². The summed E-state index contributed by atoms with van der Waals surface area (Å²) in [6.07, 6.45) is 6.96. The number of nitrogens with zero attached hydrogens (tertiary/aromatic N) is 5. The number of hydrogen-bond acceptors (Lipinski definition) is 7. The number of hydrogen-bond donors (Lipinski definition) is 1. The Balaban J connectivity index is 1.37. The molecule has 4 heterocycles. The Hall–Kier alpha value is -2.79. The Morgan fingerprint density at radius 2 is 2.29 bits per heavy atom. The molecule has 1 amide bonds.